The Labute approximate surface area is 132 Å². The monoisotopic (exact) mass is 315 g/mol. The normalized spacial score (nSPS) is 13.8. The second kappa shape index (κ2) is 6.70. The molecule has 5 nitrogen and oxygen atoms in total. The Kier molecular flexibility index (Phi) is 4.48. The molecule has 1 aliphatic carbocycles. The van der Waals surface area contributed by atoms with Gasteiger partial charge in [0, 0.05) is 22.8 Å². The van der Waals surface area contributed by atoms with Crippen molar-refractivity contribution in [2.75, 3.05) is 0 Å². The standard InChI is InChI=1S/C16H17N3O2S/c20-15(11-6-8-17-9-7-11)18-19-16(21)14-10-12-4-2-1-3-5-13(12)22-14/h6-10H,1-5H2,(H,18,20)(H,19,21). The lowest BCUT2D eigenvalue weighted by Gasteiger charge is -2.05. The summed E-state index contributed by atoms with van der Waals surface area (Å²) >= 11 is 1.53. The number of fused-ring (bicyclic) bond motifs is 1. The number of nitrogens with one attached hydrogen (secondary N) is 2. The number of hydrogen-bond acceptors (Lipinski definition) is 4. The van der Waals surface area contributed by atoms with Gasteiger partial charge in [0.25, 0.3) is 11.8 Å². The van der Waals surface area contributed by atoms with Crippen LogP contribution in [-0.2, 0) is 12.8 Å². The maximum atomic E-state index is 12.2. The van der Waals surface area contributed by atoms with Gasteiger partial charge >= 0.3 is 0 Å². The highest BCUT2D eigenvalue weighted by Crippen LogP contribution is 2.28. The predicted octanol–water partition coefficient (Wildman–Crippen LogP) is 2.49. The zero-order valence-electron chi connectivity index (χ0n) is 12.1. The van der Waals surface area contributed by atoms with Crippen LogP contribution in [0, 0.1) is 0 Å². The van der Waals surface area contributed by atoms with Gasteiger partial charge in [-0.25, -0.2) is 0 Å². The molecule has 2 aromatic heterocycles. The minimum absolute atomic E-state index is 0.263. The van der Waals surface area contributed by atoms with E-state index in [0.29, 0.717) is 10.4 Å². The maximum absolute atomic E-state index is 12.2. The summed E-state index contributed by atoms with van der Waals surface area (Å²) < 4.78 is 0. The summed E-state index contributed by atoms with van der Waals surface area (Å²) in [6.45, 7) is 0. The molecule has 22 heavy (non-hydrogen) atoms. The van der Waals surface area contributed by atoms with Crippen molar-refractivity contribution >= 4 is 23.2 Å². The molecule has 114 valence electrons. The van der Waals surface area contributed by atoms with Crippen molar-refractivity contribution in [2.45, 2.75) is 32.1 Å². The van der Waals surface area contributed by atoms with E-state index in [-0.39, 0.29) is 11.8 Å². The van der Waals surface area contributed by atoms with Crippen molar-refractivity contribution in [3.63, 3.8) is 0 Å². The Morgan fingerprint density at radius 3 is 2.55 bits per heavy atom. The van der Waals surface area contributed by atoms with Crippen LogP contribution < -0.4 is 10.9 Å². The van der Waals surface area contributed by atoms with Crippen LogP contribution in [-0.4, -0.2) is 16.8 Å². The SMILES string of the molecule is O=C(NNC(=O)c1cc2c(s1)CCCCC2)c1ccncc1. The van der Waals surface area contributed by atoms with Gasteiger partial charge in [-0.05, 0) is 49.4 Å². The van der Waals surface area contributed by atoms with Gasteiger partial charge in [0.2, 0.25) is 0 Å². The van der Waals surface area contributed by atoms with Crippen molar-refractivity contribution in [1.82, 2.24) is 15.8 Å². The lowest BCUT2D eigenvalue weighted by molar-refractivity contribution is 0.0849. The fraction of sp³-hybridized carbons (Fsp3) is 0.312. The first-order valence-electron chi connectivity index (χ1n) is 7.36. The van der Waals surface area contributed by atoms with Crippen LogP contribution in [0.5, 0.6) is 0 Å². The van der Waals surface area contributed by atoms with Crippen LogP contribution in [0.4, 0.5) is 0 Å². The molecule has 0 saturated carbocycles. The van der Waals surface area contributed by atoms with Gasteiger partial charge in [-0.2, -0.15) is 0 Å². The second-order valence-corrected chi connectivity index (χ2v) is 6.40. The van der Waals surface area contributed by atoms with Crippen molar-refractivity contribution in [1.29, 1.82) is 0 Å². The third-order valence-electron chi connectivity index (χ3n) is 3.70. The molecule has 1 aliphatic rings. The number of rotatable bonds is 2. The molecule has 0 radical (unpaired) electrons. The van der Waals surface area contributed by atoms with E-state index in [1.165, 1.54) is 53.4 Å². The minimum atomic E-state index is -0.353. The van der Waals surface area contributed by atoms with Crippen LogP contribution >= 0.6 is 11.3 Å². The van der Waals surface area contributed by atoms with Crippen LogP contribution in [0.25, 0.3) is 0 Å². The van der Waals surface area contributed by atoms with E-state index in [4.69, 9.17) is 0 Å². The Morgan fingerprint density at radius 2 is 1.73 bits per heavy atom. The number of carbonyl (C=O) groups excluding carboxylic acids is 2. The molecule has 2 aromatic rings. The lowest BCUT2D eigenvalue weighted by atomic mass is 10.1. The van der Waals surface area contributed by atoms with Gasteiger partial charge in [0.1, 0.15) is 0 Å². The minimum Gasteiger partial charge on any atom is -0.267 e. The lowest BCUT2D eigenvalue weighted by Crippen LogP contribution is -2.41. The number of carbonyl (C=O) groups is 2. The van der Waals surface area contributed by atoms with E-state index in [1.54, 1.807) is 12.1 Å². The van der Waals surface area contributed by atoms with Crippen LogP contribution in [0.15, 0.2) is 30.6 Å². The zero-order chi connectivity index (χ0) is 15.4. The molecular formula is C16H17N3O2S. The highest BCUT2D eigenvalue weighted by atomic mass is 32.1. The smallest absolute Gasteiger partial charge is 0.267 e. The van der Waals surface area contributed by atoms with Crippen molar-refractivity contribution in [3.05, 3.63) is 51.5 Å². The Bertz CT molecular complexity index is 658. The van der Waals surface area contributed by atoms with Crippen LogP contribution in [0.2, 0.25) is 0 Å². The Morgan fingerprint density at radius 1 is 1.00 bits per heavy atom. The predicted molar refractivity (Wildman–Crippen MR) is 84.7 cm³/mol. The Hall–Kier alpha value is -2.21. The first-order valence-corrected chi connectivity index (χ1v) is 8.18. The van der Waals surface area contributed by atoms with Gasteiger partial charge in [-0.15, -0.1) is 11.3 Å². The summed E-state index contributed by atoms with van der Waals surface area (Å²) in [4.78, 5) is 29.8. The molecule has 2 N–H and O–H groups in total. The van der Waals surface area contributed by atoms with E-state index in [9.17, 15) is 9.59 Å². The first-order chi connectivity index (χ1) is 10.7. The highest BCUT2D eigenvalue weighted by molar-refractivity contribution is 7.14. The summed E-state index contributed by atoms with van der Waals surface area (Å²) in [6, 6.07) is 5.14. The molecule has 2 amide bonds. The third-order valence-corrected chi connectivity index (χ3v) is 4.94. The molecule has 0 spiro atoms. The second-order valence-electron chi connectivity index (χ2n) is 5.26. The summed E-state index contributed by atoms with van der Waals surface area (Å²) in [7, 11) is 0. The molecule has 0 fully saturated rings. The van der Waals surface area contributed by atoms with E-state index >= 15 is 0 Å². The van der Waals surface area contributed by atoms with Gasteiger partial charge in [-0.3, -0.25) is 25.4 Å². The number of amides is 2. The number of aryl methyl sites for hydroxylation is 2. The number of thiophene rings is 1. The van der Waals surface area contributed by atoms with Crippen molar-refractivity contribution < 1.29 is 9.59 Å². The molecule has 0 aliphatic heterocycles. The quantitative estimate of drug-likeness (QED) is 0.661. The number of aromatic nitrogens is 1. The number of hydrazine groups is 1. The maximum Gasteiger partial charge on any atom is 0.279 e. The number of pyridine rings is 1. The molecular weight excluding hydrogens is 298 g/mol. The van der Waals surface area contributed by atoms with Crippen LogP contribution in [0.1, 0.15) is 49.7 Å². The van der Waals surface area contributed by atoms with Crippen molar-refractivity contribution in [3.8, 4) is 0 Å². The average Bonchev–Trinajstić information content (AvgIpc) is 2.84. The van der Waals surface area contributed by atoms with E-state index in [0.717, 1.165) is 12.8 Å². The summed E-state index contributed by atoms with van der Waals surface area (Å²) in [5, 5.41) is 0. The summed E-state index contributed by atoms with van der Waals surface area (Å²) in [5.74, 6) is -0.616. The van der Waals surface area contributed by atoms with Crippen molar-refractivity contribution in [2.24, 2.45) is 0 Å². The van der Waals surface area contributed by atoms with E-state index in [2.05, 4.69) is 15.8 Å². The highest BCUT2D eigenvalue weighted by Gasteiger charge is 2.17. The fourth-order valence-electron chi connectivity index (χ4n) is 2.53. The van der Waals surface area contributed by atoms with Gasteiger partial charge in [-0.1, -0.05) is 6.42 Å². The summed E-state index contributed by atoms with van der Waals surface area (Å²) in [5.41, 5.74) is 6.64. The third kappa shape index (κ3) is 3.33. The van der Waals surface area contributed by atoms with E-state index < -0.39 is 0 Å². The molecule has 0 aromatic carbocycles. The molecule has 0 saturated heterocycles. The molecule has 0 atom stereocenters. The Balaban J connectivity index is 1.62. The fourth-order valence-corrected chi connectivity index (χ4v) is 3.68. The number of nitrogens with zero attached hydrogens (tertiary/aromatic N) is 1. The van der Waals surface area contributed by atoms with Gasteiger partial charge in [0.05, 0.1) is 4.88 Å². The molecule has 6 heteroatoms. The summed E-state index contributed by atoms with van der Waals surface area (Å²) in [6.07, 6.45) is 8.79. The molecule has 3 rings (SSSR count). The molecule has 2 heterocycles. The van der Waals surface area contributed by atoms with Gasteiger partial charge < -0.3 is 0 Å². The average molecular weight is 315 g/mol. The topological polar surface area (TPSA) is 71.1 Å². The first kappa shape index (κ1) is 14.7. The molecule has 0 unspecified atom stereocenters. The van der Waals surface area contributed by atoms with Crippen LogP contribution in [0.3, 0.4) is 0 Å². The number of hydrogen-bond donors (Lipinski definition) is 2. The molecule has 0 bridgehead atoms. The van der Waals surface area contributed by atoms with Gasteiger partial charge in [0.15, 0.2) is 0 Å². The largest absolute Gasteiger partial charge is 0.279 e. The van der Waals surface area contributed by atoms with E-state index in [1.807, 2.05) is 6.07 Å². The zero-order valence-corrected chi connectivity index (χ0v) is 12.9.